The van der Waals surface area contributed by atoms with Gasteiger partial charge in [-0.15, -0.1) is 0 Å². The molecule has 0 aliphatic rings. The number of rotatable bonds is 7. The van der Waals surface area contributed by atoms with Crippen LogP contribution in [-0.2, 0) is 6.54 Å². The highest BCUT2D eigenvalue weighted by atomic mass is 16.3. The van der Waals surface area contributed by atoms with Gasteiger partial charge in [-0.3, -0.25) is 4.98 Å². The van der Waals surface area contributed by atoms with Crippen molar-refractivity contribution in [1.29, 1.82) is 0 Å². The van der Waals surface area contributed by atoms with Gasteiger partial charge in [0.25, 0.3) is 0 Å². The number of carbonyl (C=O) groups is 1. The molecule has 23 heavy (non-hydrogen) atoms. The second-order valence-electron chi connectivity index (χ2n) is 5.30. The summed E-state index contributed by atoms with van der Waals surface area (Å²) in [5, 5.41) is 17.6. The van der Waals surface area contributed by atoms with Crippen LogP contribution < -0.4 is 16.0 Å². The summed E-state index contributed by atoms with van der Waals surface area (Å²) in [5.41, 5.74) is 2.96. The van der Waals surface area contributed by atoms with Gasteiger partial charge in [0.2, 0.25) is 0 Å². The fourth-order valence-corrected chi connectivity index (χ4v) is 2.03. The van der Waals surface area contributed by atoms with Crippen molar-refractivity contribution in [3.05, 3.63) is 54.4 Å². The van der Waals surface area contributed by atoms with Crippen LogP contribution in [0.4, 0.5) is 16.2 Å². The van der Waals surface area contributed by atoms with E-state index in [2.05, 4.69) is 20.9 Å². The van der Waals surface area contributed by atoms with Gasteiger partial charge < -0.3 is 21.1 Å². The summed E-state index contributed by atoms with van der Waals surface area (Å²) in [6.07, 6.45) is 4.01. The van der Waals surface area contributed by atoms with E-state index in [0.29, 0.717) is 13.0 Å². The Kier molecular flexibility index (Phi) is 6.38. The predicted molar refractivity (Wildman–Crippen MR) is 90.5 cm³/mol. The van der Waals surface area contributed by atoms with Gasteiger partial charge in [-0.05, 0) is 43.2 Å². The lowest BCUT2D eigenvalue weighted by molar-refractivity contribution is 0.230. The molecule has 0 aliphatic carbocycles. The molecule has 6 nitrogen and oxygen atoms in total. The van der Waals surface area contributed by atoms with Gasteiger partial charge in [0.1, 0.15) is 0 Å². The molecule has 0 radical (unpaired) electrons. The van der Waals surface area contributed by atoms with Crippen LogP contribution in [0.5, 0.6) is 0 Å². The molecule has 0 saturated heterocycles. The number of hydrogen-bond acceptors (Lipinski definition) is 4. The molecule has 1 aromatic heterocycles. The van der Waals surface area contributed by atoms with Crippen LogP contribution >= 0.6 is 0 Å². The molecule has 0 bridgehead atoms. The van der Waals surface area contributed by atoms with Crippen molar-refractivity contribution in [3.63, 3.8) is 0 Å². The smallest absolute Gasteiger partial charge is 0.315 e. The lowest BCUT2D eigenvalue weighted by Gasteiger charge is -2.13. The van der Waals surface area contributed by atoms with E-state index in [-0.39, 0.29) is 18.7 Å². The average Bonchev–Trinajstić information content (AvgIpc) is 2.55. The molecule has 6 heteroatoms. The molecule has 1 atom stereocenters. The Morgan fingerprint density at radius 1 is 1.13 bits per heavy atom. The lowest BCUT2D eigenvalue weighted by Crippen LogP contribution is -2.40. The van der Waals surface area contributed by atoms with E-state index in [4.69, 9.17) is 5.11 Å². The maximum Gasteiger partial charge on any atom is 0.315 e. The molecule has 1 heterocycles. The van der Waals surface area contributed by atoms with E-state index in [1.54, 1.807) is 12.4 Å². The first-order valence-corrected chi connectivity index (χ1v) is 7.58. The second kappa shape index (κ2) is 8.75. The van der Waals surface area contributed by atoms with Gasteiger partial charge in [-0.2, -0.15) is 0 Å². The maximum absolute atomic E-state index is 11.7. The van der Waals surface area contributed by atoms with E-state index in [1.807, 2.05) is 43.3 Å². The van der Waals surface area contributed by atoms with Crippen molar-refractivity contribution in [2.45, 2.75) is 25.9 Å². The quantitative estimate of drug-likeness (QED) is 0.632. The molecule has 2 rings (SSSR count). The number of aromatic nitrogens is 1. The molecule has 2 aromatic rings. The first-order valence-electron chi connectivity index (χ1n) is 7.58. The third kappa shape index (κ3) is 5.96. The standard InChI is InChI=1S/C17H22N4O2/c1-13(8-11-22)20-17(23)19-12-14-2-4-15(5-3-14)21-16-6-9-18-10-7-16/h2-7,9-10,13,22H,8,11-12H2,1H3,(H,18,21)(H2,19,20,23). The summed E-state index contributed by atoms with van der Waals surface area (Å²) < 4.78 is 0. The van der Waals surface area contributed by atoms with Crippen LogP contribution in [0.3, 0.4) is 0 Å². The Morgan fingerprint density at radius 2 is 1.78 bits per heavy atom. The first-order chi connectivity index (χ1) is 11.2. The topological polar surface area (TPSA) is 86.3 Å². The SMILES string of the molecule is CC(CCO)NC(=O)NCc1ccc(Nc2ccncc2)cc1. The summed E-state index contributed by atoms with van der Waals surface area (Å²) in [6, 6.07) is 11.4. The maximum atomic E-state index is 11.7. The molecule has 0 aliphatic heterocycles. The minimum absolute atomic E-state index is 0.0491. The number of nitrogens with zero attached hydrogens (tertiary/aromatic N) is 1. The highest BCUT2D eigenvalue weighted by Crippen LogP contribution is 2.15. The Bertz CT molecular complexity index is 602. The van der Waals surface area contributed by atoms with Crippen LogP contribution in [0.25, 0.3) is 0 Å². The van der Waals surface area contributed by atoms with Crippen LogP contribution in [0.2, 0.25) is 0 Å². The van der Waals surface area contributed by atoms with Crippen molar-refractivity contribution in [3.8, 4) is 0 Å². The fraction of sp³-hybridized carbons (Fsp3) is 0.294. The molecule has 1 unspecified atom stereocenters. The zero-order valence-electron chi connectivity index (χ0n) is 13.1. The molecule has 0 fully saturated rings. The highest BCUT2D eigenvalue weighted by Gasteiger charge is 2.06. The van der Waals surface area contributed by atoms with Crippen molar-refractivity contribution < 1.29 is 9.90 Å². The summed E-state index contributed by atoms with van der Waals surface area (Å²) in [4.78, 5) is 15.7. The summed E-state index contributed by atoms with van der Waals surface area (Å²) >= 11 is 0. The Hall–Kier alpha value is -2.60. The Morgan fingerprint density at radius 3 is 2.43 bits per heavy atom. The second-order valence-corrected chi connectivity index (χ2v) is 5.30. The lowest BCUT2D eigenvalue weighted by atomic mass is 10.2. The van der Waals surface area contributed by atoms with Gasteiger partial charge in [-0.25, -0.2) is 4.79 Å². The van der Waals surface area contributed by atoms with Gasteiger partial charge in [0.05, 0.1) is 0 Å². The number of anilines is 2. The van der Waals surface area contributed by atoms with Crippen molar-refractivity contribution in [2.24, 2.45) is 0 Å². The molecule has 0 spiro atoms. The minimum Gasteiger partial charge on any atom is -0.396 e. The molecule has 1 aromatic carbocycles. The van der Waals surface area contributed by atoms with Gasteiger partial charge in [0.15, 0.2) is 0 Å². The fourth-order valence-electron chi connectivity index (χ4n) is 2.03. The normalized spacial score (nSPS) is 11.6. The number of benzene rings is 1. The number of nitrogens with one attached hydrogen (secondary N) is 3. The predicted octanol–water partition coefficient (Wildman–Crippen LogP) is 2.40. The van der Waals surface area contributed by atoms with E-state index in [0.717, 1.165) is 16.9 Å². The zero-order valence-corrected chi connectivity index (χ0v) is 13.1. The average molecular weight is 314 g/mol. The molecular formula is C17H22N4O2. The van der Waals surface area contributed by atoms with Crippen LogP contribution in [0.1, 0.15) is 18.9 Å². The number of pyridine rings is 1. The Balaban J connectivity index is 1.80. The van der Waals surface area contributed by atoms with Crippen LogP contribution in [0, 0.1) is 0 Å². The molecule has 2 amide bonds. The molecule has 4 N–H and O–H groups in total. The largest absolute Gasteiger partial charge is 0.396 e. The van der Waals surface area contributed by atoms with Gasteiger partial charge in [-0.1, -0.05) is 12.1 Å². The number of aliphatic hydroxyl groups is 1. The number of carbonyl (C=O) groups excluding carboxylic acids is 1. The number of aliphatic hydroxyl groups excluding tert-OH is 1. The van der Waals surface area contributed by atoms with E-state index in [1.165, 1.54) is 0 Å². The molecular weight excluding hydrogens is 292 g/mol. The number of hydrogen-bond donors (Lipinski definition) is 4. The summed E-state index contributed by atoms with van der Waals surface area (Å²) in [6.45, 7) is 2.37. The van der Waals surface area contributed by atoms with Crippen molar-refractivity contribution >= 4 is 17.4 Å². The van der Waals surface area contributed by atoms with E-state index < -0.39 is 0 Å². The van der Waals surface area contributed by atoms with Crippen molar-refractivity contribution in [1.82, 2.24) is 15.6 Å². The van der Waals surface area contributed by atoms with E-state index in [9.17, 15) is 4.79 Å². The first kappa shape index (κ1) is 16.8. The van der Waals surface area contributed by atoms with Gasteiger partial charge in [0, 0.05) is 43.0 Å². The van der Waals surface area contributed by atoms with Crippen LogP contribution in [-0.4, -0.2) is 28.8 Å². The summed E-state index contributed by atoms with van der Waals surface area (Å²) in [5.74, 6) is 0. The monoisotopic (exact) mass is 314 g/mol. The van der Waals surface area contributed by atoms with Crippen LogP contribution in [0.15, 0.2) is 48.8 Å². The van der Waals surface area contributed by atoms with E-state index >= 15 is 0 Å². The molecule has 0 saturated carbocycles. The third-order valence-corrected chi connectivity index (χ3v) is 3.32. The summed E-state index contributed by atoms with van der Waals surface area (Å²) in [7, 11) is 0. The minimum atomic E-state index is -0.232. The van der Waals surface area contributed by atoms with Crippen molar-refractivity contribution in [2.75, 3.05) is 11.9 Å². The molecule has 122 valence electrons. The third-order valence-electron chi connectivity index (χ3n) is 3.32. The number of urea groups is 1. The number of amides is 2. The Labute approximate surface area is 136 Å². The zero-order chi connectivity index (χ0) is 16.5. The highest BCUT2D eigenvalue weighted by molar-refractivity contribution is 5.74. The van der Waals surface area contributed by atoms with Gasteiger partial charge >= 0.3 is 6.03 Å².